The second-order valence-electron chi connectivity index (χ2n) is 3.82. The quantitative estimate of drug-likeness (QED) is 0.894. The van der Waals surface area contributed by atoms with Crippen molar-refractivity contribution in [1.82, 2.24) is 9.97 Å². The van der Waals surface area contributed by atoms with Crippen LogP contribution in [0.3, 0.4) is 0 Å². The van der Waals surface area contributed by atoms with E-state index in [0.717, 1.165) is 0 Å². The number of nitrogens with two attached hydrogens (primary N) is 1. The monoisotopic (exact) mass is 245 g/mol. The number of hydrogen-bond donors (Lipinski definition) is 1. The molecule has 0 bridgehead atoms. The van der Waals surface area contributed by atoms with E-state index in [0.29, 0.717) is 23.1 Å². The molecule has 0 aliphatic carbocycles. The Morgan fingerprint density at radius 2 is 1.72 bits per heavy atom. The number of methoxy groups -OCH3 is 1. The molecule has 2 rings (SSSR count). The van der Waals surface area contributed by atoms with Crippen LogP contribution in [0.15, 0.2) is 36.7 Å². The fraction of sp³-hybridized carbons (Fsp3) is 0.231. The third kappa shape index (κ3) is 2.75. The number of aromatic nitrogens is 2. The lowest BCUT2D eigenvalue weighted by atomic mass is 10.3. The first kappa shape index (κ1) is 12.3. The van der Waals surface area contributed by atoms with Crippen molar-refractivity contribution in [2.24, 2.45) is 5.73 Å². The molecule has 0 aliphatic rings. The zero-order chi connectivity index (χ0) is 13.0. The minimum atomic E-state index is -0.190. The van der Waals surface area contributed by atoms with E-state index in [4.69, 9.17) is 15.2 Å². The fourth-order valence-electron chi connectivity index (χ4n) is 1.44. The molecule has 2 aromatic rings. The lowest BCUT2D eigenvalue weighted by Gasteiger charge is -2.10. The Balaban J connectivity index is 2.18. The molecule has 1 atom stereocenters. The van der Waals surface area contributed by atoms with Gasteiger partial charge in [-0.05, 0) is 19.1 Å². The number of ether oxygens (including phenoxy) is 2. The second kappa shape index (κ2) is 5.46. The predicted octanol–water partition coefficient (Wildman–Crippen LogP) is 2.30. The molecule has 94 valence electrons. The zero-order valence-corrected chi connectivity index (χ0v) is 10.3. The van der Waals surface area contributed by atoms with Crippen LogP contribution in [0.4, 0.5) is 0 Å². The van der Waals surface area contributed by atoms with Crippen LogP contribution >= 0.6 is 0 Å². The summed E-state index contributed by atoms with van der Waals surface area (Å²) in [6.45, 7) is 1.83. The molecule has 0 saturated carbocycles. The minimum Gasteiger partial charge on any atom is -0.493 e. The van der Waals surface area contributed by atoms with Crippen LogP contribution in [0.5, 0.6) is 17.2 Å². The predicted molar refractivity (Wildman–Crippen MR) is 67.7 cm³/mol. The molecule has 1 aromatic carbocycles. The Morgan fingerprint density at radius 3 is 2.28 bits per heavy atom. The molecule has 5 heteroatoms. The van der Waals surface area contributed by atoms with E-state index in [1.54, 1.807) is 19.5 Å². The van der Waals surface area contributed by atoms with E-state index < -0.39 is 0 Å². The van der Waals surface area contributed by atoms with Crippen molar-refractivity contribution in [3.63, 3.8) is 0 Å². The average Bonchev–Trinajstić information content (AvgIpc) is 2.40. The molecule has 1 unspecified atom stereocenters. The molecule has 1 heterocycles. The van der Waals surface area contributed by atoms with E-state index in [-0.39, 0.29) is 6.04 Å². The highest BCUT2D eigenvalue weighted by Gasteiger charge is 2.06. The molecule has 18 heavy (non-hydrogen) atoms. The summed E-state index contributed by atoms with van der Waals surface area (Å²) in [6.07, 6.45) is 3.19. The number of benzene rings is 1. The highest BCUT2D eigenvalue weighted by molar-refractivity contribution is 5.41. The van der Waals surface area contributed by atoms with Crippen molar-refractivity contribution >= 4 is 0 Å². The highest BCUT2D eigenvalue weighted by atomic mass is 16.5. The standard InChI is InChI=1S/C13H15N3O2/c1-9(14)13-15-7-10(8-16-13)18-12-6-4-3-5-11(12)17-2/h3-9H,14H2,1-2H3. The van der Waals surface area contributed by atoms with Gasteiger partial charge in [0, 0.05) is 0 Å². The Bertz CT molecular complexity index is 512. The third-order valence-corrected chi connectivity index (χ3v) is 2.35. The van der Waals surface area contributed by atoms with Crippen LogP contribution in [0, 0.1) is 0 Å². The normalized spacial score (nSPS) is 11.9. The number of nitrogens with zero attached hydrogens (tertiary/aromatic N) is 2. The summed E-state index contributed by atoms with van der Waals surface area (Å²) < 4.78 is 10.8. The maximum atomic E-state index is 5.68. The van der Waals surface area contributed by atoms with Crippen LogP contribution in [0.25, 0.3) is 0 Å². The third-order valence-electron chi connectivity index (χ3n) is 2.35. The number of rotatable bonds is 4. The Labute approximate surface area is 106 Å². The van der Waals surface area contributed by atoms with Gasteiger partial charge in [0.15, 0.2) is 17.2 Å². The lowest BCUT2D eigenvalue weighted by Crippen LogP contribution is -2.09. The first-order valence-electron chi connectivity index (χ1n) is 5.59. The maximum Gasteiger partial charge on any atom is 0.169 e. The first-order valence-corrected chi connectivity index (χ1v) is 5.59. The maximum absolute atomic E-state index is 5.68. The van der Waals surface area contributed by atoms with Gasteiger partial charge in [0.2, 0.25) is 0 Å². The van der Waals surface area contributed by atoms with Crippen molar-refractivity contribution < 1.29 is 9.47 Å². The van der Waals surface area contributed by atoms with E-state index in [9.17, 15) is 0 Å². The van der Waals surface area contributed by atoms with Gasteiger partial charge < -0.3 is 15.2 Å². The van der Waals surface area contributed by atoms with Gasteiger partial charge in [-0.2, -0.15) is 0 Å². The molecule has 2 N–H and O–H groups in total. The lowest BCUT2D eigenvalue weighted by molar-refractivity contribution is 0.377. The summed E-state index contributed by atoms with van der Waals surface area (Å²) >= 11 is 0. The molecular formula is C13H15N3O2. The van der Waals surface area contributed by atoms with Gasteiger partial charge in [0.05, 0.1) is 25.5 Å². The summed E-state index contributed by atoms with van der Waals surface area (Å²) in [6, 6.07) is 7.20. The summed E-state index contributed by atoms with van der Waals surface area (Å²) in [5.41, 5.74) is 5.68. The average molecular weight is 245 g/mol. The van der Waals surface area contributed by atoms with Gasteiger partial charge in [0.25, 0.3) is 0 Å². The van der Waals surface area contributed by atoms with E-state index in [2.05, 4.69) is 9.97 Å². The van der Waals surface area contributed by atoms with Crippen molar-refractivity contribution in [1.29, 1.82) is 0 Å². The summed E-state index contributed by atoms with van der Waals surface area (Å²) in [7, 11) is 1.60. The molecular weight excluding hydrogens is 230 g/mol. The fourth-order valence-corrected chi connectivity index (χ4v) is 1.44. The second-order valence-corrected chi connectivity index (χ2v) is 3.82. The van der Waals surface area contributed by atoms with Crippen molar-refractivity contribution in [2.75, 3.05) is 7.11 Å². The summed E-state index contributed by atoms with van der Waals surface area (Å²) in [4.78, 5) is 8.26. The molecule has 0 fully saturated rings. The van der Waals surface area contributed by atoms with E-state index in [1.165, 1.54) is 0 Å². The van der Waals surface area contributed by atoms with Crippen LogP contribution in [0.1, 0.15) is 18.8 Å². The first-order chi connectivity index (χ1) is 8.70. The number of para-hydroxylation sites is 2. The Morgan fingerprint density at radius 1 is 1.11 bits per heavy atom. The van der Waals surface area contributed by atoms with E-state index >= 15 is 0 Å². The molecule has 0 saturated heterocycles. The summed E-state index contributed by atoms with van der Waals surface area (Å²) in [5.74, 6) is 2.41. The van der Waals surface area contributed by atoms with Crippen molar-refractivity contribution in [3.8, 4) is 17.2 Å². The molecule has 0 spiro atoms. The number of hydrogen-bond acceptors (Lipinski definition) is 5. The van der Waals surface area contributed by atoms with E-state index in [1.807, 2.05) is 31.2 Å². The van der Waals surface area contributed by atoms with Gasteiger partial charge >= 0.3 is 0 Å². The largest absolute Gasteiger partial charge is 0.493 e. The SMILES string of the molecule is COc1ccccc1Oc1cnc(C(C)N)nc1. The Hall–Kier alpha value is -2.14. The zero-order valence-electron chi connectivity index (χ0n) is 10.3. The van der Waals surface area contributed by atoms with Gasteiger partial charge in [-0.15, -0.1) is 0 Å². The highest BCUT2D eigenvalue weighted by Crippen LogP contribution is 2.30. The van der Waals surface area contributed by atoms with Crippen LogP contribution in [0.2, 0.25) is 0 Å². The topological polar surface area (TPSA) is 70.3 Å². The van der Waals surface area contributed by atoms with Crippen LogP contribution in [-0.2, 0) is 0 Å². The molecule has 0 radical (unpaired) electrons. The van der Waals surface area contributed by atoms with Gasteiger partial charge in [-0.1, -0.05) is 12.1 Å². The van der Waals surface area contributed by atoms with Gasteiger partial charge in [-0.25, -0.2) is 9.97 Å². The summed E-state index contributed by atoms with van der Waals surface area (Å²) in [5, 5.41) is 0. The van der Waals surface area contributed by atoms with Crippen molar-refractivity contribution in [2.45, 2.75) is 13.0 Å². The molecule has 0 aliphatic heterocycles. The Kier molecular flexibility index (Phi) is 3.74. The molecule has 1 aromatic heterocycles. The molecule has 0 amide bonds. The minimum absolute atomic E-state index is 0.190. The van der Waals surface area contributed by atoms with Gasteiger partial charge in [-0.3, -0.25) is 0 Å². The van der Waals surface area contributed by atoms with Crippen LogP contribution < -0.4 is 15.2 Å². The van der Waals surface area contributed by atoms with Gasteiger partial charge in [0.1, 0.15) is 5.82 Å². The van der Waals surface area contributed by atoms with Crippen LogP contribution in [-0.4, -0.2) is 17.1 Å². The van der Waals surface area contributed by atoms with Crippen molar-refractivity contribution in [3.05, 3.63) is 42.5 Å². The molecule has 5 nitrogen and oxygen atoms in total. The smallest absolute Gasteiger partial charge is 0.169 e.